The van der Waals surface area contributed by atoms with E-state index in [1.807, 2.05) is 23.2 Å². The molecule has 5 heteroatoms. The number of hydrogen-bond donors (Lipinski definition) is 1. The predicted octanol–water partition coefficient (Wildman–Crippen LogP) is 3.16. The van der Waals surface area contributed by atoms with Crippen molar-refractivity contribution in [1.82, 2.24) is 4.90 Å². The van der Waals surface area contributed by atoms with Crippen LogP contribution < -0.4 is 0 Å². The lowest BCUT2D eigenvalue weighted by atomic mass is 10.2. The maximum absolute atomic E-state index is 11.1. The minimum Gasteiger partial charge on any atom is -0.477 e. The van der Waals surface area contributed by atoms with E-state index in [2.05, 4.69) is 11.2 Å². The average Bonchev–Trinajstić information content (AvgIpc) is 2.69. The molecular formula is C13H19NO2S2. The van der Waals surface area contributed by atoms with Gasteiger partial charge in [0.05, 0.1) is 0 Å². The lowest BCUT2D eigenvalue weighted by Crippen LogP contribution is -2.25. The molecule has 1 aromatic rings. The van der Waals surface area contributed by atoms with Crippen LogP contribution in [0.2, 0.25) is 0 Å². The number of thioether (sulfide) groups is 1. The molecule has 2 heterocycles. The third-order valence-electron chi connectivity index (χ3n) is 3.44. The van der Waals surface area contributed by atoms with Crippen molar-refractivity contribution < 1.29 is 9.90 Å². The molecule has 1 aliphatic rings. The first-order valence-electron chi connectivity index (χ1n) is 6.25. The normalized spacial score (nSPS) is 21.7. The summed E-state index contributed by atoms with van der Waals surface area (Å²) in [5.41, 5.74) is 0.968. The van der Waals surface area contributed by atoms with Gasteiger partial charge in [0.1, 0.15) is 4.88 Å². The molecule has 0 bridgehead atoms. The van der Waals surface area contributed by atoms with E-state index in [0.29, 0.717) is 4.88 Å². The van der Waals surface area contributed by atoms with Crippen molar-refractivity contribution in [3.8, 4) is 0 Å². The van der Waals surface area contributed by atoms with Crippen LogP contribution in [0.3, 0.4) is 0 Å². The van der Waals surface area contributed by atoms with Gasteiger partial charge >= 0.3 is 5.97 Å². The molecule has 0 saturated carbocycles. The van der Waals surface area contributed by atoms with Gasteiger partial charge in [-0.15, -0.1) is 11.3 Å². The quantitative estimate of drug-likeness (QED) is 0.922. The molecule has 0 radical (unpaired) electrons. The highest BCUT2D eigenvalue weighted by atomic mass is 32.2. The van der Waals surface area contributed by atoms with E-state index in [0.717, 1.165) is 30.4 Å². The Hall–Kier alpha value is -0.520. The van der Waals surface area contributed by atoms with Crippen LogP contribution in [0.5, 0.6) is 0 Å². The van der Waals surface area contributed by atoms with Gasteiger partial charge in [0, 0.05) is 11.8 Å². The highest BCUT2D eigenvalue weighted by Gasteiger charge is 2.19. The SMILES string of the molecule is CSC1CCCN(Cc2ccsc2C(=O)O)CC1. The van der Waals surface area contributed by atoms with E-state index in [-0.39, 0.29) is 0 Å². The third kappa shape index (κ3) is 3.49. The largest absolute Gasteiger partial charge is 0.477 e. The maximum Gasteiger partial charge on any atom is 0.346 e. The third-order valence-corrected chi connectivity index (χ3v) is 5.52. The van der Waals surface area contributed by atoms with Crippen molar-refractivity contribution in [3.63, 3.8) is 0 Å². The molecule has 0 aromatic carbocycles. The Morgan fingerprint density at radius 3 is 3.11 bits per heavy atom. The Bertz CT molecular complexity index is 405. The molecule has 0 amide bonds. The van der Waals surface area contributed by atoms with Crippen molar-refractivity contribution in [3.05, 3.63) is 21.9 Å². The van der Waals surface area contributed by atoms with Crippen LogP contribution in [0, 0.1) is 0 Å². The second-order valence-corrected chi connectivity index (χ2v) is 6.70. The summed E-state index contributed by atoms with van der Waals surface area (Å²) in [4.78, 5) is 14.0. The van der Waals surface area contributed by atoms with E-state index in [1.165, 1.54) is 30.6 Å². The van der Waals surface area contributed by atoms with E-state index >= 15 is 0 Å². The van der Waals surface area contributed by atoms with Crippen LogP contribution in [0.25, 0.3) is 0 Å². The highest BCUT2D eigenvalue weighted by molar-refractivity contribution is 7.99. The van der Waals surface area contributed by atoms with Crippen molar-refractivity contribution in [2.24, 2.45) is 0 Å². The first-order chi connectivity index (χ1) is 8.70. The molecule has 100 valence electrons. The number of carbonyl (C=O) groups is 1. The number of rotatable bonds is 4. The van der Waals surface area contributed by atoms with E-state index < -0.39 is 5.97 Å². The summed E-state index contributed by atoms with van der Waals surface area (Å²) in [5, 5.41) is 11.8. The standard InChI is InChI=1S/C13H19NO2S2/c1-17-11-3-2-6-14(7-4-11)9-10-5-8-18-12(10)13(15)16/h5,8,11H,2-4,6-7,9H2,1H3,(H,15,16). The fourth-order valence-corrected chi connectivity index (χ4v) is 3.90. The highest BCUT2D eigenvalue weighted by Crippen LogP contribution is 2.24. The lowest BCUT2D eigenvalue weighted by Gasteiger charge is -2.19. The Balaban J connectivity index is 1.96. The molecule has 1 atom stereocenters. The van der Waals surface area contributed by atoms with Gasteiger partial charge in [0.25, 0.3) is 0 Å². The second kappa shape index (κ2) is 6.59. The molecule has 1 saturated heterocycles. The van der Waals surface area contributed by atoms with Crippen LogP contribution in [0.15, 0.2) is 11.4 Å². The number of nitrogens with zero attached hydrogens (tertiary/aromatic N) is 1. The van der Waals surface area contributed by atoms with Crippen LogP contribution in [0.4, 0.5) is 0 Å². The monoisotopic (exact) mass is 285 g/mol. The zero-order valence-electron chi connectivity index (χ0n) is 10.6. The summed E-state index contributed by atoms with van der Waals surface area (Å²) in [6, 6.07) is 1.95. The van der Waals surface area contributed by atoms with Gasteiger partial charge in [0.15, 0.2) is 0 Å². The Kier molecular flexibility index (Phi) is 5.09. The number of carboxylic acid groups (broad SMARTS) is 1. The number of likely N-dealkylation sites (tertiary alicyclic amines) is 1. The van der Waals surface area contributed by atoms with Gasteiger partial charge in [-0.25, -0.2) is 4.79 Å². The van der Waals surface area contributed by atoms with Gasteiger partial charge < -0.3 is 5.11 Å². The van der Waals surface area contributed by atoms with Crippen molar-refractivity contribution >= 4 is 29.1 Å². The van der Waals surface area contributed by atoms with Gasteiger partial charge in [-0.2, -0.15) is 11.8 Å². The smallest absolute Gasteiger partial charge is 0.346 e. The minimum absolute atomic E-state index is 0.501. The molecule has 1 fully saturated rings. The van der Waals surface area contributed by atoms with Gasteiger partial charge in [-0.1, -0.05) is 0 Å². The molecule has 2 rings (SSSR count). The zero-order chi connectivity index (χ0) is 13.0. The number of aromatic carboxylic acids is 1. The summed E-state index contributed by atoms with van der Waals surface area (Å²) in [5.74, 6) is -0.795. The Labute approximate surface area is 116 Å². The number of hydrogen-bond acceptors (Lipinski definition) is 4. The summed E-state index contributed by atoms with van der Waals surface area (Å²) >= 11 is 3.28. The van der Waals surface area contributed by atoms with Crippen LogP contribution in [-0.2, 0) is 6.54 Å². The number of carboxylic acids is 1. The summed E-state index contributed by atoms with van der Waals surface area (Å²) in [6.07, 6.45) is 5.90. The molecule has 1 aromatic heterocycles. The minimum atomic E-state index is -0.795. The summed E-state index contributed by atoms with van der Waals surface area (Å²) in [6.45, 7) is 2.96. The summed E-state index contributed by atoms with van der Waals surface area (Å²) in [7, 11) is 0. The Morgan fingerprint density at radius 1 is 1.56 bits per heavy atom. The lowest BCUT2D eigenvalue weighted by molar-refractivity contribution is 0.0700. The van der Waals surface area contributed by atoms with Crippen molar-refractivity contribution in [1.29, 1.82) is 0 Å². The molecule has 0 spiro atoms. The average molecular weight is 285 g/mol. The fourth-order valence-electron chi connectivity index (χ4n) is 2.41. The molecule has 3 nitrogen and oxygen atoms in total. The first kappa shape index (κ1) is 13.9. The molecule has 1 N–H and O–H groups in total. The first-order valence-corrected chi connectivity index (χ1v) is 8.42. The van der Waals surface area contributed by atoms with Crippen LogP contribution >= 0.6 is 23.1 Å². The predicted molar refractivity (Wildman–Crippen MR) is 77.7 cm³/mol. The van der Waals surface area contributed by atoms with Crippen LogP contribution in [0.1, 0.15) is 34.5 Å². The Morgan fingerprint density at radius 2 is 2.39 bits per heavy atom. The van der Waals surface area contributed by atoms with E-state index in [1.54, 1.807) is 0 Å². The van der Waals surface area contributed by atoms with Crippen molar-refractivity contribution in [2.75, 3.05) is 19.3 Å². The topological polar surface area (TPSA) is 40.5 Å². The number of thiophene rings is 1. The van der Waals surface area contributed by atoms with Gasteiger partial charge in [-0.05, 0) is 55.6 Å². The zero-order valence-corrected chi connectivity index (χ0v) is 12.2. The molecule has 1 unspecified atom stereocenters. The van der Waals surface area contributed by atoms with Gasteiger partial charge in [-0.3, -0.25) is 4.90 Å². The molecule has 0 aliphatic carbocycles. The molecule has 18 heavy (non-hydrogen) atoms. The van der Waals surface area contributed by atoms with Crippen LogP contribution in [-0.4, -0.2) is 40.6 Å². The van der Waals surface area contributed by atoms with Gasteiger partial charge in [0.2, 0.25) is 0 Å². The van der Waals surface area contributed by atoms with Crippen molar-refractivity contribution in [2.45, 2.75) is 31.1 Å². The maximum atomic E-state index is 11.1. The second-order valence-electron chi connectivity index (χ2n) is 4.64. The fraction of sp³-hybridized carbons (Fsp3) is 0.615. The molecule has 1 aliphatic heterocycles. The van der Waals surface area contributed by atoms with E-state index in [9.17, 15) is 4.79 Å². The molecular weight excluding hydrogens is 266 g/mol. The summed E-state index contributed by atoms with van der Waals surface area (Å²) < 4.78 is 0. The van der Waals surface area contributed by atoms with E-state index in [4.69, 9.17) is 5.11 Å².